The van der Waals surface area contributed by atoms with Gasteiger partial charge in [-0.2, -0.15) is 4.31 Å². The van der Waals surface area contributed by atoms with Crippen molar-refractivity contribution in [3.63, 3.8) is 0 Å². The Balaban J connectivity index is 1.48. The highest BCUT2D eigenvalue weighted by molar-refractivity contribution is 8.01. The molecular formula is C20H21N3O4S2. The summed E-state index contributed by atoms with van der Waals surface area (Å²) < 4.78 is 26.6. The van der Waals surface area contributed by atoms with Crippen molar-refractivity contribution in [1.82, 2.24) is 4.31 Å². The van der Waals surface area contributed by atoms with E-state index in [-0.39, 0.29) is 22.0 Å². The van der Waals surface area contributed by atoms with E-state index in [1.54, 1.807) is 24.3 Å². The Morgan fingerprint density at radius 3 is 2.52 bits per heavy atom. The molecule has 4 rings (SSSR count). The average Bonchev–Trinajstić information content (AvgIpc) is 3.25. The lowest BCUT2D eigenvalue weighted by Crippen LogP contribution is -2.27. The quantitative estimate of drug-likeness (QED) is 0.775. The van der Waals surface area contributed by atoms with E-state index in [9.17, 15) is 18.0 Å². The third-order valence-corrected chi connectivity index (χ3v) is 8.08. The Morgan fingerprint density at radius 1 is 1.14 bits per heavy atom. The summed E-state index contributed by atoms with van der Waals surface area (Å²) in [5, 5.41) is 5.41. The molecule has 0 bridgehead atoms. The standard InChI is InChI=1S/C20H21N3O4S2/c1-13-19(24)22-17-12-14(4-9-18(17)28-13)20(25)21-15-5-7-16(8-6-15)29(26,27)23-10-2-3-11-23/h4-9,12-13H,2-3,10-11H2,1H3,(H,21,25)(H,22,24). The number of hydrogen-bond donors (Lipinski definition) is 2. The van der Waals surface area contributed by atoms with Crippen LogP contribution in [0.4, 0.5) is 11.4 Å². The molecule has 0 saturated carbocycles. The molecule has 2 aliphatic rings. The fraction of sp³-hybridized carbons (Fsp3) is 0.300. The van der Waals surface area contributed by atoms with Gasteiger partial charge in [0.1, 0.15) is 0 Å². The first-order valence-electron chi connectivity index (χ1n) is 9.38. The topological polar surface area (TPSA) is 95.6 Å². The van der Waals surface area contributed by atoms with Crippen molar-refractivity contribution < 1.29 is 18.0 Å². The fourth-order valence-electron chi connectivity index (χ4n) is 3.34. The van der Waals surface area contributed by atoms with E-state index in [4.69, 9.17) is 0 Å². The third-order valence-electron chi connectivity index (χ3n) is 4.99. The predicted molar refractivity (Wildman–Crippen MR) is 113 cm³/mol. The molecule has 29 heavy (non-hydrogen) atoms. The second kappa shape index (κ2) is 7.81. The maximum Gasteiger partial charge on any atom is 0.255 e. The van der Waals surface area contributed by atoms with E-state index < -0.39 is 10.0 Å². The van der Waals surface area contributed by atoms with Crippen molar-refractivity contribution in [3.8, 4) is 0 Å². The SMILES string of the molecule is CC1Sc2ccc(C(=O)Nc3ccc(S(=O)(=O)N4CCCC4)cc3)cc2NC1=O. The van der Waals surface area contributed by atoms with E-state index in [0.717, 1.165) is 17.7 Å². The number of fused-ring (bicyclic) bond motifs is 1. The Morgan fingerprint density at radius 2 is 1.83 bits per heavy atom. The number of nitrogens with zero attached hydrogens (tertiary/aromatic N) is 1. The second-order valence-corrected chi connectivity index (χ2v) is 10.4. The molecule has 2 amide bonds. The van der Waals surface area contributed by atoms with Crippen molar-refractivity contribution in [2.75, 3.05) is 23.7 Å². The van der Waals surface area contributed by atoms with E-state index in [1.165, 1.54) is 28.2 Å². The fourth-order valence-corrected chi connectivity index (χ4v) is 5.79. The van der Waals surface area contributed by atoms with E-state index in [2.05, 4.69) is 10.6 Å². The van der Waals surface area contributed by atoms with Gasteiger partial charge >= 0.3 is 0 Å². The van der Waals surface area contributed by atoms with Crippen LogP contribution in [-0.4, -0.2) is 42.9 Å². The van der Waals surface area contributed by atoms with Gasteiger partial charge in [0.05, 0.1) is 15.8 Å². The van der Waals surface area contributed by atoms with Crippen LogP contribution in [0.25, 0.3) is 0 Å². The summed E-state index contributed by atoms with van der Waals surface area (Å²) in [6.07, 6.45) is 1.76. The first-order chi connectivity index (χ1) is 13.8. The van der Waals surface area contributed by atoms with Gasteiger partial charge in [-0.1, -0.05) is 0 Å². The molecule has 2 aliphatic heterocycles. The highest BCUT2D eigenvalue weighted by Crippen LogP contribution is 2.36. The summed E-state index contributed by atoms with van der Waals surface area (Å²) in [5.41, 5.74) is 1.53. The van der Waals surface area contributed by atoms with E-state index >= 15 is 0 Å². The number of amides is 2. The summed E-state index contributed by atoms with van der Waals surface area (Å²) >= 11 is 1.45. The summed E-state index contributed by atoms with van der Waals surface area (Å²) in [4.78, 5) is 25.6. The Bertz CT molecular complexity index is 1060. The molecule has 1 saturated heterocycles. The summed E-state index contributed by atoms with van der Waals surface area (Å²) in [7, 11) is -3.48. The smallest absolute Gasteiger partial charge is 0.255 e. The van der Waals surface area contributed by atoms with Crippen molar-refractivity contribution in [1.29, 1.82) is 0 Å². The Hall–Kier alpha value is -2.36. The minimum absolute atomic E-state index is 0.0881. The van der Waals surface area contributed by atoms with Crippen molar-refractivity contribution in [2.45, 2.75) is 34.8 Å². The molecule has 1 unspecified atom stereocenters. The van der Waals surface area contributed by atoms with Gasteiger partial charge in [0.2, 0.25) is 15.9 Å². The van der Waals surface area contributed by atoms with Gasteiger partial charge in [-0.05, 0) is 62.2 Å². The number of thioether (sulfide) groups is 1. The number of anilines is 2. The van der Waals surface area contributed by atoms with Crippen LogP contribution in [0.15, 0.2) is 52.3 Å². The largest absolute Gasteiger partial charge is 0.324 e. The Labute approximate surface area is 173 Å². The van der Waals surface area contributed by atoms with Gasteiger partial charge in [0.25, 0.3) is 5.91 Å². The molecule has 1 atom stereocenters. The first kappa shape index (κ1) is 19.9. The number of hydrogen-bond acceptors (Lipinski definition) is 5. The van der Waals surface area contributed by atoms with E-state index in [0.29, 0.717) is 30.0 Å². The third kappa shape index (κ3) is 4.03. The number of nitrogens with one attached hydrogen (secondary N) is 2. The molecule has 152 valence electrons. The zero-order valence-corrected chi connectivity index (χ0v) is 17.5. The van der Waals surface area contributed by atoms with Crippen LogP contribution in [0.3, 0.4) is 0 Å². The maximum atomic E-state index is 12.6. The molecular weight excluding hydrogens is 410 g/mol. The van der Waals surface area contributed by atoms with Gasteiger partial charge in [-0.3, -0.25) is 9.59 Å². The van der Waals surface area contributed by atoms with Crippen molar-refractivity contribution in [3.05, 3.63) is 48.0 Å². The summed E-state index contributed by atoms with van der Waals surface area (Å²) in [6, 6.07) is 11.3. The molecule has 0 aromatic heterocycles. The highest BCUT2D eigenvalue weighted by atomic mass is 32.2. The van der Waals surface area contributed by atoms with Crippen molar-refractivity contribution >= 4 is 45.0 Å². The zero-order valence-electron chi connectivity index (χ0n) is 15.8. The van der Waals surface area contributed by atoms with Crippen LogP contribution in [0, 0.1) is 0 Å². The lowest BCUT2D eigenvalue weighted by atomic mass is 10.1. The van der Waals surface area contributed by atoms with Gasteiger partial charge < -0.3 is 10.6 Å². The maximum absolute atomic E-state index is 12.6. The van der Waals surface area contributed by atoms with Crippen LogP contribution in [0.2, 0.25) is 0 Å². The number of benzene rings is 2. The van der Waals surface area contributed by atoms with Crippen LogP contribution >= 0.6 is 11.8 Å². The number of carbonyl (C=O) groups excluding carboxylic acids is 2. The first-order valence-corrected chi connectivity index (χ1v) is 11.7. The second-order valence-electron chi connectivity index (χ2n) is 7.05. The number of carbonyl (C=O) groups is 2. The Kier molecular flexibility index (Phi) is 5.37. The monoisotopic (exact) mass is 431 g/mol. The lowest BCUT2D eigenvalue weighted by Gasteiger charge is -2.21. The van der Waals surface area contributed by atoms with Gasteiger partial charge in [-0.25, -0.2) is 8.42 Å². The molecule has 2 aromatic carbocycles. The highest BCUT2D eigenvalue weighted by Gasteiger charge is 2.27. The zero-order chi connectivity index (χ0) is 20.6. The van der Waals surface area contributed by atoms with Gasteiger partial charge in [0, 0.05) is 29.2 Å². The van der Waals surface area contributed by atoms with E-state index in [1.807, 2.05) is 13.0 Å². The number of rotatable bonds is 4. The molecule has 2 heterocycles. The number of sulfonamides is 1. The van der Waals surface area contributed by atoms with Crippen LogP contribution < -0.4 is 10.6 Å². The van der Waals surface area contributed by atoms with Crippen LogP contribution in [0.1, 0.15) is 30.1 Å². The minimum atomic E-state index is -3.48. The average molecular weight is 432 g/mol. The van der Waals surface area contributed by atoms with Gasteiger partial charge in [-0.15, -0.1) is 11.8 Å². The summed E-state index contributed by atoms with van der Waals surface area (Å²) in [6.45, 7) is 2.93. The normalized spacial score (nSPS) is 19.5. The summed E-state index contributed by atoms with van der Waals surface area (Å²) in [5.74, 6) is -0.421. The minimum Gasteiger partial charge on any atom is -0.324 e. The molecule has 9 heteroatoms. The predicted octanol–water partition coefficient (Wildman–Crippen LogP) is 3.16. The molecule has 2 N–H and O–H groups in total. The molecule has 2 aromatic rings. The lowest BCUT2D eigenvalue weighted by molar-refractivity contribution is -0.115. The van der Waals surface area contributed by atoms with Crippen LogP contribution in [-0.2, 0) is 14.8 Å². The van der Waals surface area contributed by atoms with Crippen LogP contribution in [0.5, 0.6) is 0 Å². The molecule has 0 spiro atoms. The molecule has 1 fully saturated rings. The molecule has 7 nitrogen and oxygen atoms in total. The molecule has 0 aliphatic carbocycles. The van der Waals surface area contributed by atoms with Crippen molar-refractivity contribution in [2.24, 2.45) is 0 Å². The molecule has 0 radical (unpaired) electrons. The van der Waals surface area contributed by atoms with Gasteiger partial charge in [0.15, 0.2) is 0 Å².